The predicted molar refractivity (Wildman–Crippen MR) is 77.8 cm³/mol. The minimum atomic E-state index is 0.410. The number of rotatable bonds is 5. The highest BCUT2D eigenvalue weighted by Gasteiger charge is 2.01. The molecule has 0 saturated carbocycles. The monoisotopic (exact) mass is 255 g/mol. The summed E-state index contributed by atoms with van der Waals surface area (Å²) >= 11 is 5.95. The van der Waals surface area contributed by atoms with Crippen molar-refractivity contribution in [2.24, 2.45) is 16.1 Å². The van der Waals surface area contributed by atoms with E-state index in [1.165, 1.54) is 0 Å². The maximum Gasteiger partial charge on any atom is 0.0830 e. The fourth-order valence-corrected chi connectivity index (χ4v) is 1.01. The van der Waals surface area contributed by atoms with Crippen LogP contribution < -0.4 is 5.32 Å². The van der Waals surface area contributed by atoms with Crippen molar-refractivity contribution in [1.82, 2.24) is 5.32 Å². The van der Waals surface area contributed by atoms with Crippen molar-refractivity contribution in [3.63, 3.8) is 0 Å². The lowest BCUT2D eigenvalue weighted by atomic mass is 10.1. The molecule has 0 aliphatic carbocycles. The van der Waals surface area contributed by atoms with Crippen molar-refractivity contribution in [3.05, 3.63) is 22.9 Å². The van der Waals surface area contributed by atoms with Crippen LogP contribution in [0.1, 0.15) is 34.6 Å². The summed E-state index contributed by atoms with van der Waals surface area (Å²) in [6.07, 6.45) is 3.66. The molecule has 96 valence electrons. The van der Waals surface area contributed by atoms with Crippen molar-refractivity contribution in [1.29, 1.82) is 0 Å². The zero-order valence-corrected chi connectivity index (χ0v) is 12.3. The van der Waals surface area contributed by atoms with Gasteiger partial charge in [0, 0.05) is 17.8 Å². The van der Waals surface area contributed by atoms with Crippen LogP contribution in [0.15, 0.2) is 33.1 Å². The molecular weight excluding hydrogens is 234 g/mol. The molecular formula is C13H22ClN3. The molecule has 0 spiro atoms. The predicted octanol–water partition coefficient (Wildman–Crippen LogP) is 3.73. The average Bonchev–Trinajstić information content (AvgIpc) is 2.31. The Kier molecular flexibility index (Phi) is 7.55. The van der Waals surface area contributed by atoms with Crippen LogP contribution in [0.3, 0.4) is 0 Å². The summed E-state index contributed by atoms with van der Waals surface area (Å²) in [7, 11) is 1.84. The van der Waals surface area contributed by atoms with Gasteiger partial charge in [0.05, 0.1) is 11.4 Å². The summed E-state index contributed by atoms with van der Waals surface area (Å²) in [5.41, 5.74) is 2.69. The zero-order chi connectivity index (χ0) is 13.4. The molecule has 0 aromatic carbocycles. The van der Waals surface area contributed by atoms with Crippen molar-refractivity contribution >= 4 is 23.0 Å². The lowest BCUT2D eigenvalue weighted by Gasteiger charge is -2.05. The Morgan fingerprint density at radius 1 is 1.24 bits per heavy atom. The molecule has 0 aliphatic heterocycles. The van der Waals surface area contributed by atoms with Crippen molar-refractivity contribution < 1.29 is 0 Å². The van der Waals surface area contributed by atoms with Crippen molar-refractivity contribution in [3.8, 4) is 0 Å². The molecule has 0 aromatic heterocycles. The summed E-state index contributed by atoms with van der Waals surface area (Å²) in [6, 6.07) is 0. The standard InChI is InChI=1S/C13H22ClN3/c1-7-12(14)8-13(15-6)11(5)17-16-10(4)9(2)3/h7-9,15H,1-6H3/b12-7+,13-8+,16-10+,17-11+. The molecule has 0 rings (SSSR count). The van der Waals surface area contributed by atoms with E-state index < -0.39 is 0 Å². The van der Waals surface area contributed by atoms with Gasteiger partial charge in [0.15, 0.2) is 0 Å². The number of hydrogen-bond acceptors (Lipinski definition) is 3. The van der Waals surface area contributed by atoms with E-state index in [9.17, 15) is 0 Å². The normalized spacial score (nSPS) is 15.5. The van der Waals surface area contributed by atoms with E-state index in [4.69, 9.17) is 11.6 Å². The summed E-state index contributed by atoms with van der Waals surface area (Å²) in [6.45, 7) is 9.95. The van der Waals surface area contributed by atoms with E-state index in [0.717, 1.165) is 17.1 Å². The first-order chi connectivity index (χ1) is 7.92. The third-order valence-electron chi connectivity index (χ3n) is 2.41. The number of nitrogens with zero attached hydrogens (tertiary/aromatic N) is 2. The molecule has 1 N–H and O–H groups in total. The number of hydrogen-bond donors (Lipinski definition) is 1. The lowest BCUT2D eigenvalue weighted by molar-refractivity contribution is 0.869. The van der Waals surface area contributed by atoms with Gasteiger partial charge in [0.1, 0.15) is 0 Å². The second kappa shape index (κ2) is 8.07. The smallest absolute Gasteiger partial charge is 0.0830 e. The first-order valence-corrected chi connectivity index (χ1v) is 6.10. The van der Waals surface area contributed by atoms with Gasteiger partial charge in [-0.15, -0.1) is 0 Å². The molecule has 0 bridgehead atoms. The Bertz CT molecular complexity index is 363. The van der Waals surface area contributed by atoms with Crippen LogP contribution in [0.5, 0.6) is 0 Å². The molecule has 0 aromatic rings. The van der Waals surface area contributed by atoms with Crippen LogP contribution >= 0.6 is 11.6 Å². The molecule has 0 heterocycles. The van der Waals surface area contributed by atoms with Gasteiger partial charge >= 0.3 is 0 Å². The average molecular weight is 256 g/mol. The van der Waals surface area contributed by atoms with Crippen LogP contribution in [-0.2, 0) is 0 Å². The fourth-order valence-electron chi connectivity index (χ4n) is 0.902. The molecule has 0 atom stereocenters. The quantitative estimate of drug-likeness (QED) is 0.454. The van der Waals surface area contributed by atoms with Crippen LogP contribution in [0.25, 0.3) is 0 Å². The molecule has 3 nitrogen and oxygen atoms in total. The Labute approximate surface area is 109 Å². The van der Waals surface area contributed by atoms with E-state index in [-0.39, 0.29) is 0 Å². The molecule has 0 amide bonds. The van der Waals surface area contributed by atoms with E-state index in [1.807, 2.05) is 40.0 Å². The summed E-state index contributed by atoms with van der Waals surface area (Å²) in [5.74, 6) is 0.410. The van der Waals surface area contributed by atoms with Crippen LogP contribution in [0.4, 0.5) is 0 Å². The third kappa shape index (κ3) is 6.27. The Morgan fingerprint density at radius 2 is 1.82 bits per heavy atom. The number of nitrogens with one attached hydrogen (secondary N) is 1. The highest BCUT2D eigenvalue weighted by Crippen LogP contribution is 2.07. The fraction of sp³-hybridized carbons (Fsp3) is 0.538. The summed E-state index contributed by atoms with van der Waals surface area (Å²) < 4.78 is 0. The van der Waals surface area contributed by atoms with Gasteiger partial charge in [-0.05, 0) is 32.8 Å². The van der Waals surface area contributed by atoms with Gasteiger partial charge in [0.2, 0.25) is 0 Å². The zero-order valence-electron chi connectivity index (χ0n) is 11.5. The van der Waals surface area contributed by atoms with E-state index >= 15 is 0 Å². The highest BCUT2D eigenvalue weighted by atomic mass is 35.5. The SMILES string of the molecule is C\C=C(Cl)/C=C(NC)\C(C)=N\N=C(/C)C(C)C. The topological polar surface area (TPSA) is 36.8 Å². The van der Waals surface area contributed by atoms with E-state index in [1.54, 1.807) is 0 Å². The second-order valence-electron chi connectivity index (χ2n) is 4.06. The molecule has 0 fully saturated rings. The largest absolute Gasteiger partial charge is 0.387 e. The molecule has 0 unspecified atom stereocenters. The van der Waals surface area contributed by atoms with Crippen LogP contribution in [0, 0.1) is 5.92 Å². The van der Waals surface area contributed by atoms with E-state index in [0.29, 0.717) is 11.0 Å². The van der Waals surface area contributed by atoms with Gasteiger partial charge < -0.3 is 5.32 Å². The van der Waals surface area contributed by atoms with Gasteiger partial charge in [-0.3, -0.25) is 0 Å². The Morgan fingerprint density at radius 3 is 2.24 bits per heavy atom. The molecule has 0 saturated heterocycles. The third-order valence-corrected chi connectivity index (χ3v) is 2.74. The highest BCUT2D eigenvalue weighted by molar-refractivity contribution is 6.31. The summed E-state index contributed by atoms with van der Waals surface area (Å²) in [5, 5.41) is 12.1. The lowest BCUT2D eigenvalue weighted by Crippen LogP contribution is -2.13. The Hall–Kier alpha value is -1.09. The minimum absolute atomic E-state index is 0.410. The number of allylic oxidation sites excluding steroid dienone is 4. The van der Waals surface area contributed by atoms with Gasteiger partial charge in [0.25, 0.3) is 0 Å². The first kappa shape index (κ1) is 15.9. The van der Waals surface area contributed by atoms with Crippen LogP contribution in [-0.4, -0.2) is 18.5 Å². The van der Waals surface area contributed by atoms with E-state index in [2.05, 4.69) is 29.4 Å². The first-order valence-electron chi connectivity index (χ1n) is 5.72. The molecule has 4 heteroatoms. The van der Waals surface area contributed by atoms with Crippen LogP contribution in [0.2, 0.25) is 0 Å². The summed E-state index contributed by atoms with van der Waals surface area (Å²) in [4.78, 5) is 0. The van der Waals surface area contributed by atoms with Gasteiger partial charge in [-0.25, -0.2) is 0 Å². The number of halogens is 1. The maximum atomic E-state index is 5.95. The van der Waals surface area contributed by atoms with Crippen molar-refractivity contribution in [2.45, 2.75) is 34.6 Å². The molecule has 0 aliphatic rings. The van der Waals surface area contributed by atoms with Gasteiger partial charge in [-0.1, -0.05) is 31.5 Å². The van der Waals surface area contributed by atoms with Crippen molar-refractivity contribution in [2.75, 3.05) is 7.05 Å². The van der Waals surface area contributed by atoms with Gasteiger partial charge in [-0.2, -0.15) is 10.2 Å². The molecule has 0 radical (unpaired) electrons. The molecule has 17 heavy (non-hydrogen) atoms. The maximum absolute atomic E-state index is 5.95. The second-order valence-corrected chi connectivity index (χ2v) is 4.50. The minimum Gasteiger partial charge on any atom is -0.387 e. The Balaban J connectivity index is 5.01.